The van der Waals surface area contributed by atoms with E-state index in [4.69, 9.17) is 19.3 Å². The van der Waals surface area contributed by atoms with Crippen molar-refractivity contribution >= 4 is 17.9 Å². The SMILES string of the molecule is CCCCCCCC(=O)O.CCCCCCCC(=O)O[C@H](O)O[C@@H](CC)COC(=O)CCCN(C)C. The molecule has 0 saturated heterocycles. The van der Waals surface area contributed by atoms with Gasteiger partial charge in [0.05, 0.1) is 6.10 Å². The number of hydrogen-bond donors (Lipinski definition) is 2. The van der Waals surface area contributed by atoms with Gasteiger partial charge >= 0.3 is 24.4 Å². The molecule has 214 valence electrons. The number of ether oxygens (including phenoxy) is 3. The fourth-order valence-corrected chi connectivity index (χ4v) is 3.17. The highest BCUT2D eigenvalue weighted by Gasteiger charge is 2.18. The molecule has 0 saturated carbocycles. The molecule has 0 aromatic rings. The molecule has 0 spiro atoms. The summed E-state index contributed by atoms with van der Waals surface area (Å²) in [4.78, 5) is 35.3. The van der Waals surface area contributed by atoms with Gasteiger partial charge in [-0.1, -0.05) is 72.1 Å². The molecular weight excluding hydrogens is 466 g/mol. The van der Waals surface area contributed by atoms with Crippen LogP contribution in [0.5, 0.6) is 0 Å². The van der Waals surface area contributed by atoms with E-state index in [0.29, 0.717) is 19.3 Å². The van der Waals surface area contributed by atoms with Gasteiger partial charge in [-0.05, 0) is 46.3 Å². The summed E-state index contributed by atoms with van der Waals surface area (Å²) in [6, 6.07) is 0. The quantitative estimate of drug-likeness (QED) is 0.112. The summed E-state index contributed by atoms with van der Waals surface area (Å²) in [6.45, 7) is 5.34. The highest BCUT2D eigenvalue weighted by Crippen LogP contribution is 2.09. The lowest BCUT2D eigenvalue weighted by Gasteiger charge is -2.20. The molecule has 0 amide bonds. The number of rotatable bonds is 22. The summed E-state index contributed by atoms with van der Waals surface area (Å²) >= 11 is 0. The minimum absolute atomic E-state index is 0.0307. The van der Waals surface area contributed by atoms with E-state index < -0.39 is 24.5 Å². The van der Waals surface area contributed by atoms with Crippen molar-refractivity contribution < 1.29 is 38.8 Å². The van der Waals surface area contributed by atoms with Gasteiger partial charge in [0.15, 0.2) is 0 Å². The van der Waals surface area contributed by atoms with Crippen LogP contribution in [0.3, 0.4) is 0 Å². The Hall–Kier alpha value is -1.71. The Morgan fingerprint density at radius 3 is 1.78 bits per heavy atom. The van der Waals surface area contributed by atoms with E-state index >= 15 is 0 Å². The second-order valence-corrected chi connectivity index (χ2v) is 9.28. The number of aliphatic hydroxyl groups excluding tert-OH is 1. The van der Waals surface area contributed by atoms with E-state index in [1.54, 1.807) is 0 Å². The predicted octanol–water partition coefficient (Wildman–Crippen LogP) is 5.28. The van der Waals surface area contributed by atoms with Crippen LogP contribution in [0.4, 0.5) is 0 Å². The number of aliphatic hydroxyl groups is 1. The van der Waals surface area contributed by atoms with Crippen molar-refractivity contribution in [2.24, 2.45) is 0 Å². The van der Waals surface area contributed by atoms with Crippen LogP contribution in [-0.4, -0.2) is 72.8 Å². The number of carbonyl (C=O) groups is 3. The highest BCUT2D eigenvalue weighted by atomic mass is 16.8. The average Bonchev–Trinajstić information content (AvgIpc) is 2.81. The second kappa shape index (κ2) is 26.4. The molecule has 0 heterocycles. The zero-order valence-corrected chi connectivity index (χ0v) is 23.5. The molecule has 9 nitrogen and oxygen atoms in total. The number of carboxylic acid groups (broad SMARTS) is 1. The Labute approximate surface area is 218 Å². The number of nitrogens with zero attached hydrogens (tertiary/aromatic N) is 1. The van der Waals surface area contributed by atoms with Crippen LogP contribution in [0, 0.1) is 0 Å². The van der Waals surface area contributed by atoms with Crippen LogP contribution >= 0.6 is 0 Å². The van der Waals surface area contributed by atoms with Gasteiger partial charge in [0, 0.05) is 19.3 Å². The summed E-state index contributed by atoms with van der Waals surface area (Å²) < 4.78 is 15.2. The van der Waals surface area contributed by atoms with E-state index in [1.165, 1.54) is 19.3 Å². The first-order chi connectivity index (χ1) is 17.2. The van der Waals surface area contributed by atoms with Gasteiger partial charge in [-0.15, -0.1) is 0 Å². The van der Waals surface area contributed by atoms with Crippen molar-refractivity contribution in [1.29, 1.82) is 0 Å². The lowest BCUT2D eigenvalue weighted by atomic mass is 10.1. The predicted molar refractivity (Wildman–Crippen MR) is 140 cm³/mol. The first kappa shape index (κ1) is 36.4. The van der Waals surface area contributed by atoms with Gasteiger partial charge < -0.3 is 29.3 Å². The summed E-state index contributed by atoms with van der Waals surface area (Å²) in [5, 5.41) is 18.0. The number of hydrogen-bond acceptors (Lipinski definition) is 8. The van der Waals surface area contributed by atoms with Crippen LogP contribution in [0.1, 0.15) is 117 Å². The zero-order chi connectivity index (χ0) is 27.6. The Balaban J connectivity index is 0. The standard InChI is InChI=1S/C19H37NO6.C8H16O2/c1-5-7-8-9-10-12-18(22)26-19(23)25-16(6-2)15-24-17(21)13-11-14-20(3)4;1-2-3-4-5-6-7-8(9)10/h16,19,23H,5-15H2,1-4H3;2-7H2,1H3,(H,9,10)/t16-,19+;/m0./s1. The fraction of sp³-hybridized carbons (Fsp3) is 0.889. The largest absolute Gasteiger partial charge is 0.481 e. The van der Waals surface area contributed by atoms with Crippen LogP contribution in [0.15, 0.2) is 0 Å². The molecular formula is C27H53NO8. The monoisotopic (exact) mass is 519 g/mol. The van der Waals surface area contributed by atoms with E-state index in [9.17, 15) is 19.5 Å². The van der Waals surface area contributed by atoms with Gasteiger partial charge in [-0.25, -0.2) is 0 Å². The number of carbonyl (C=O) groups excluding carboxylic acids is 2. The fourth-order valence-electron chi connectivity index (χ4n) is 3.17. The minimum atomic E-state index is -1.63. The Morgan fingerprint density at radius 1 is 0.750 bits per heavy atom. The lowest BCUT2D eigenvalue weighted by Crippen LogP contribution is -2.30. The molecule has 0 aliphatic heterocycles. The zero-order valence-electron chi connectivity index (χ0n) is 23.5. The third-order valence-electron chi connectivity index (χ3n) is 5.39. The number of carboxylic acids is 1. The van der Waals surface area contributed by atoms with Gasteiger partial charge in [0.1, 0.15) is 6.61 Å². The normalized spacial score (nSPS) is 12.4. The van der Waals surface area contributed by atoms with Gasteiger partial charge in [0.25, 0.3) is 0 Å². The maximum absolute atomic E-state index is 11.7. The lowest BCUT2D eigenvalue weighted by molar-refractivity contribution is -0.274. The molecule has 0 unspecified atom stereocenters. The summed E-state index contributed by atoms with van der Waals surface area (Å²) in [7, 11) is 3.89. The molecule has 2 N–H and O–H groups in total. The van der Waals surface area contributed by atoms with Crippen molar-refractivity contribution in [3.8, 4) is 0 Å². The molecule has 0 fully saturated rings. The molecule has 2 atom stereocenters. The van der Waals surface area contributed by atoms with Crippen LogP contribution < -0.4 is 0 Å². The third kappa shape index (κ3) is 28.5. The number of unbranched alkanes of at least 4 members (excludes halogenated alkanes) is 8. The highest BCUT2D eigenvalue weighted by molar-refractivity contribution is 5.69. The van der Waals surface area contributed by atoms with E-state index in [2.05, 4.69) is 13.8 Å². The Bertz CT molecular complexity index is 542. The second-order valence-electron chi connectivity index (χ2n) is 9.28. The van der Waals surface area contributed by atoms with Crippen molar-refractivity contribution in [3.05, 3.63) is 0 Å². The minimum Gasteiger partial charge on any atom is -0.481 e. The van der Waals surface area contributed by atoms with Gasteiger partial charge in [-0.2, -0.15) is 0 Å². The molecule has 0 aliphatic carbocycles. The molecule has 0 aliphatic rings. The summed E-state index contributed by atoms with van der Waals surface area (Å²) in [5.74, 6) is -1.45. The molecule has 0 rings (SSSR count). The first-order valence-corrected chi connectivity index (χ1v) is 13.7. The van der Waals surface area contributed by atoms with Crippen molar-refractivity contribution in [2.75, 3.05) is 27.2 Å². The van der Waals surface area contributed by atoms with Gasteiger partial charge in [-0.3, -0.25) is 14.4 Å². The Kier molecular flexibility index (Phi) is 26.7. The van der Waals surface area contributed by atoms with Crippen LogP contribution in [0.25, 0.3) is 0 Å². The van der Waals surface area contributed by atoms with E-state index in [0.717, 1.165) is 57.9 Å². The summed E-state index contributed by atoms with van der Waals surface area (Å²) in [6.07, 6.45) is 12.3. The molecule has 0 aromatic heterocycles. The van der Waals surface area contributed by atoms with Crippen molar-refractivity contribution in [2.45, 2.75) is 130 Å². The smallest absolute Gasteiger partial charge is 0.316 e. The van der Waals surface area contributed by atoms with Crippen molar-refractivity contribution in [3.63, 3.8) is 0 Å². The molecule has 36 heavy (non-hydrogen) atoms. The summed E-state index contributed by atoms with van der Waals surface area (Å²) in [5.41, 5.74) is 0. The van der Waals surface area contributed by atoms with Crippen LogP contribution in [-0.2, 0) is 28.6 Å². The van der Waals surface area contributed by atoms with E-state index in [1.807, 2.05) is 25.9 Å². The average molecular weight is 520 g/mol. The third-order valence-corrected chi connectivity index (χ3v) is 5.39. The number of esters is 2. The first-order valence-electron chi connectivity index (χ1n) is 13.7. The Morgan fingerprint density at radius 2 is 1.28 bits per heavy atom. The topological polar surface area (TPSA) is 123 Å². The molecule has 0 bridgehead atoms. The van der Waals surface area contributed by atoms with Crippen molar-refractivity contribution in [1.82, 2.24) is 4.90 Å². The van der Waals surface area contributed by atoms with Crippen LogP contribution in [0.2, 0.25) is 0 Å². The van der Waals surface area contributed by atoms with E-state index in [-0.39, 0.29) is 19.0 Å². The maximum atomic E-state index is 11.7. The molecule has 9 heteroatoms. The molecule has 0 radical (unpaired) electrons. The molecule has 0 aromatic carbocycles. The number of aliphatic carboxylic acids is 1. The maximum Gasteiger partial charge on any atom is 0.316 e. The van der Waals surface area contributed by atoms with Gasteiger partial charge in [0.2, 0.25) is 0 Å².